The van der Waals surface area contributed by atoms with Crippen LogP contribution in [0.3, 0.4) is 0 Å². The molecular weight excluding hydrogens is 406 g/mol. The van der Waals surface area contributed by atoms with Gasteiger partial charge in [-0.05, 0) is 50.1 Å². The lowest BCUT2D eigenvalue weighted by Gasteiger charge is -2.30. The van der Waals surface area contributed by atoms with Crippen molar-refractivity contribution >= 4 is 27.4 Å². The van der Waals surface area contributed by atoms with E-state index in [0.717, 1.165) is 0 Å². The number of aromatic nitrogens is 3. The van der Waals surface area contributed by atoms with Crippen LogP contribution in [0.2, 0.25) is 0 Å². The fourth-order valence-corrected chi connectivity index (χ4v) is 5.01. The molecule has 1 aliphatic heterocycles. The number of nitrogens with one attached hydrogen (secondary N) is 1. The first-order valence-electron chi connectivity index (χ1n) is 9.81. The zero-order valence-electron chi connectivity index (χ0n) is 16.6. The Morgan fingerprint density at radius 2 is 1.87 bits per heavy atom. The van der Waals surface area contributed by atoms with Gasteiger partial charge in [-0.3, -0.25) is 4.79 Å². The van der Waals surface area contributed by atoms with Gasteiger partial charge in [0.2, 0.25) is 15.9 Å². The number of nitrogens with zero attached hydrogens (tertiary/aromatic N) is 4. The minimum absolute atomic E-state index is 0.142. The van der Waals surface area contributed by atoms with Crippen molar-refractivity contribution in [2.75, 3.05) is 25.0 Å². The number of carbonyl (C=O) groups excluding carboxylic acids is 1. The Morgan fingerprint density at radius 3 is 2.57 bits per heavy atom. The third kappa shape index (κ3) is 4.01. The van der Waals surface area contributed by atoms with Crippen LogP contribution in [0.25, 0.3) is 5.65 Å². The van der Waals surface area contributed by atoms with Crippen molar-refractivity contribution in [3.63, 3.8) is 0 Å². The minimum Gasteiger partial charge on any atom is -0.494 e. The Balaban J connectivity index is 1.39. The van der Waals surface area contributed by atoms with E-state index in [2.05, 4.69) is 15.4 Å². The van der Waals surface area contributed by atoms with Gasteiger partial charge < -0.3 is 10.1 Å². The summed E-state index contributed by atoms with van der Waals surface area (Å²) in [6.07, 6.45) is 4.13. The van der Waals surface area contributed by atoms with Crippen molar-refractivity contribution in [3.8, 4) is 5.75 Å². The Hall–Kier alpha value is -2.98. The fourth-order valence-electron chi connectivity index (χ4n) is 3.54. The van der Waals surface area contributed by atoms with E-state index in [9.17, 15) is 13.2 Å². The molecule has 9 nitrogen and oxygen atoms in total. The zero-order chi connectivity index (χ0) is 21.1. The average Bonchev–Trinajstić information content (AvgIpc) is 3.24. The summed E-state index contributed by atoms with van der Waals surface area (Å²) < 4.78 is 34.2. The van der Waals surface area contributed by atoms with Crippen LogP contribution in [0, 0.1) is 5.92 Å². The monoisotopic (exact) mass is 429 g/mol. The average molecular weight is 430 g/mol. The van der Waals surface area contributed by atoms with Gasteiger partial charge in [0.15, 0.2) is 5.65 Å². The van der Waals surface area contributed by atoms with Crippen LogP contribution in [0.5, 0.6) is 5.75 Å². The molecule has 0 radical (unpaired) electrons. The van der Waals surface area contributed by atoms with E-state index in [4.69, 9.17) is 4.74 Å². The number of benzene rings is 1. The Labute approximate surface area is 174 Å². The Kier molecular flexibility index (Phi) is 5.69. The highest BCUT2D eigenvalue weighted by Gasteiger charge is 2.32. The van der Waals surface area contributed by atoms with Gasteiger partial charge in [0, 0.05) is 31.3 Å². The third-order valence-electron chi connectivity index (χ3n) is 5.14. The molecule has 0 unspecified atom stereocenters. The van der Waals surface area contributed by atoms with Crippen LogP contribution in [0.4, 0.5) is 5.82 Å². The van der Waals surface area contributed by atoms with Gasteiger partial charge in [0.25, 0.3) is 0 Å². The maximum Gasteiger partial charge on any atom is 0.243 e. The number of rotatable bonds is 6. The summed E-state index contributed by atoms with van der Waals surface area (Å²) in [5, 5.41) is 7.04. The Bertz CT molecular complexity index is 1140. The van der Waals surface area contributed by atoms with Crippen molar-refractivity contribution in [2.24, 2.45) is 5.92 Å². The first-order chi connectivity index (χ1) is 14.5. The lowest BCUT2D eigenvalue weighted by atomic mass is 9.97. The molecule has 0 atom stereocenters. The van der Waals surface area contributed by atoms with Gasteiger partial charge >= 0.3 is 0 Å². The van der Waals surface area contributed by atoms with E-state index in [-0.39, 0.29) is 16.7 Å². The molecule has 158 valence electrons. The third-order valence-corrected chi connectivity index (χ3v) is 7.05. The summed E-state index contributed by atoms with van der Waals surface area (Å²) in [5.41, 5.74) is 0.643. The van der Waals surface area contributed by atoms with Gasteiger partial charge in [-0.25, -0.2) is 13.4 Å². The second-order valence-corrected chi connectivity index (χ2v) is 8.94. The van der Waals surface area contributed by atoms with Gasteiger partial charge in [0.05, 0.1) is 17.7 Å². The number of anilines is 1. The van der Waals surface area contributed by atoms with E-state index in [1.807, 2.05) is 6.92 Å². The maximum atomic E-state index is 12.9. The molecule has 1 N–H and O–H groups in total. The lowest BCUT2D eigenvalue weighted by molar-refractivity contribution is -0.120. The summed E-state index contributed by atoms with van der Waals surface area (Å²) in [5.74, 6) is 0.764. The molecule has 3 aromatic rings. The molecule has 0 spiro atoms. The van der Waals surface area contributed by atoms with E-state index in [1.54, 1.807) is 53.3 Å². The first-order valence-corrected chi connectivity index (χ1v) is 11.3. The quantitative estimate of drug-likeness (QED) is 0.644. The van der Waals surface area contributed by atoms with Crippen LogP contribution in [0.1, 0.15) is 19.8 Å². The standard InChI is InChI=1S/C20H23N5O4S/c1-2-29-16-3-5-17(6-4-16)30(27,28)24-13-9-15(10-14-24)20(26)23-19-7-11-21-18-8-12-22-25(18)19/h3-8,11-12,15H,2,9-10,13-14H2,1H3,(H,23,26). The Morgan fingerprint density at radius 1 is 1.13 bits per heavy atom. The predicted octanol–water partition coefficient (Wildman–Crippen LogP) is 2.17. The van der Waals surface area contributed by atoms with E-state index in [0.29, 0.717) is 49.8 Å². The molecule has 1 aromatic carbocycles. The number of ether oxygens (including phenoxy) is 1. The van der Waals surface area contributed by atoms with Crippen LogP contribution in [-0.2, 0) is 14.8 Å². The van der Waals surface area contributed by atoms with Crippen molar-refractivity contribution < 1.29 is 17.9 Å². The lowest BCUT2D eigenvalue weighted by Crippen LogP contribution is -2.41. The largest absolute Gasteiger partial charge is 0.494 e. The van der Waals surface area contributed by atoms with Gasteiger partial charge in [-0.2, -0.15) is 13.9 Å². The number of amides is 1. The van der Waals surface area contributed by atoms with Crippen LogP contribution < -0.4 is 10.1 Å². The number of fused-ring (bicyclic) bond motifs is 1. The minimum atomic E-state index is -3.60. The number of carbonyl (C=O) groups is 1. The molecule has 1 aliphatic rings. The van der Waals surface area contributed by atoms with Gasteiger partial charge in [0.1, 0.15) is 11.6 Å². The number of sulfonamides is 1. The molecule has 1 fully saturated rings. The highest BCUT2D eigenvalue weighted by atomic mass is 32.2. The summed E-state index contributed by atoms with van der Waals surface area (Å²) >= 11 is 0. The molecule has 10 heteroatoms. The van der Waals surface area contributed by atoms with Crippen molar-refractivity contribution in [1.29, 1.82) is 0 Å². The number of hydrogen-bond acceptors (Lipinski definition) is 6. The molecule has 0 aliphatic carbocycles. The van der Waals surface area contributed by atoms with Crippen molar-refractivity contribution in [1.82, 2.24) is 18.9 Å². The second-order valence-electron chi connectivity index (χ2n) is 7.00. The van der Waals surface area contributed by atoms with Gasteiger partial charge in [-0.1, -0.05) is 0 Å². The predicted molar refractivity (Wildman–Crippen MR) is 111 cm³/mol. The van der Waals surface area contributed by atoms with Crippen LogP contribution in [-0.4, -0.2) is 52.9 Å². The van der Waals surface area contributed by atoms with Crippen molar-refractivity contribution in [3.05, 3.63) is 48.8 Å². The molecule has 0 saturated carbocycles. The van der Waals surface area contributed by atoms with Crippen LogP contribution in [0.15, 0.2) is 53.7 Å². The molecule has 4 rings (SSSR count). The number of hydrogen-bond donors (Lipinski definition) is 1. The molecule has 3 heterocycles. The second kappa shape index (κ2) is 8.41. The molecule has 30 heavy (non-hydrogen) atoms. The summed E-state index contributed by atoms with van der Waals surface area (Å²) in [6.45, 7) is 2.98. The van der Waals surface area contributed by atoms with Gasteiger partial charge in [-0.15, -0.1) is 0 Å². The molecular formula is C20H23N5O4S. The summed E-state index contributed by atoms with van der Waals surface area (Å²) in [7, 11) is -3.60. The summed E-state index contributed by atoms with van der Waals surface area (Å²) in [4.78, 5) is 17.1. The van der Waals surface area contributed by atoms with Crippen molar-refractivity contribution in [2.45, 2.75) is 24.7 Å². The fraction of sp³-hybridized carbons (Fsp3) is 0.350. The maximum absolute atomic E-state index is 12.9. The molecule has 1 saturated heterocycles. The highest BCUT2D eigenvalue weighted by molar-refractivity contribution is 7.89. The summed E-state index contributed by atoms with van der Waals surface area (Å²) in [6, 6.07) is 9.85. The molecule has 1 amide bonds. The SMILES string of the molecule is CCOc1ccc(S(=O)(=O)N2CCC(C(=O)Nc3ccnc4ccnn34)CC2)cc1. The smallest absolute Gasteiger partial charge is 0.243 e. The molecule has 2 aromatic heterocycles. The van der Waals surface area contributed by atoms with E-state index < -0.39 is 10.0 Å². The highest BCUT2D eigenvalue weighted by Crippen LogP contribution is 2.26. The molecule has 0 bridgehead atoms. The van der Waals surface area contributed by atoms with Crippen LogP contribution >= 0.6 is 0 Å². The number of piperidine rings is 1. The first kappa shape index (κ1) is 20.3. The normalized spacial score (nSPS) is 15.9. The zero-order valence-corrected chi connectivity index (χ0v) is 17.4. The van der Waals surface area contributed by atoms with E-state index >= 15 is 0 Å². The topological polar surface area (TPSA) is 106 Å². The van der Waals surface area contributed by atoms with E-state index in [1.165, 1.54) is 4.31 Å².